The van der Waals surface area contributed by atoms with Crippen LogP contribution in [0.15, 0.2) is 24.3 Å². The molecule has 16 heavy (non-hydrogen) atoms. The van der Waals surface area contributed by atoms with Gasteiger partial charge in [0, 0.05) is 12.6 Å². The Morgan fingerprint density at radius 1 is 1.44 bits per heavy atom. The third kappa shape index (κ3) is 4.41. The number of hydrogen-bond donors (Lipinski definition) is 2. The van der Waals surface area contributed by atoms with E-state index in [4.69, 9.17) is 9.84 Å². The molecule has 0 spiro atoms. The van der Waals surface area contributed by atoms with Crippen molar-refractivity contribution in [3.63, 3.8) is 0 Å². The van der Waals surface area contributed by atoms with E-state index in [0.29, 0.717) is 0 Å². The van der Waals surface area contributed by atoms with Gasteiger partial charge in [0.05, 0.1) is 6.42 Å². The minimum absolute atomic E-state index is 0.0382. The second-order valence-corrected chi connectivity index (χ2v) is 2.92. The van der Waals surface area contributed by atoms with E-state index < -0.39 is 17.9 Å². The van der Waals surface area contributed by atoms with E-state index in [2.05, 4.69) is 5.32 Å². The lowest BCUT2D eigenvalue weighted by molar-refractivity contribution is -0.136. The Morgan fingerprint density at radius 3 is 2.81 bits per heavy atom. The van der Waals surface area contributed by atoms with Crippen LogP contribution in [-0.4, -0.2) is 23.7 Å². The molecular weight excluding hydrogens is 217 g/mol. The summed E-state index contributed by atoms with van der Waals surface area (Å²) in [6, 6.07) is 5.08. The summed E-state index contributed by atoms with van der Waals surface area (Å²) < 4.78 is 17.4. The zero-order valence-corrected chi connectivity index (χ0v) is 8.27. The quantitative estimate of drug-likeness (QED) is 0.814. The highest BCUT2D eigenvalue weighted by Gasteiger charge is 2.05. The summed E-state index contributed by atoms with van der Waals surface area (Å²) in [5.41, 5.74) is 0. The topological polar surface area (TPSA) is 75.6 Å². The fourth-order valence-corrected chi connectivity index (χ4v) is 0.945. The molecule has 0 saturated carbocycles. The summed E-state index contributed by atoms with van der Waals surface area (Å²) in [5, 5.41) is 10.5. The first-order chi connectivity index (χ1) is 7.58. The largest absolute Gasteiger partial charge is 0.481 e. The fraction of sp³-hybridized carbons (Fsp3) is 0.200. The first-order valence-electron chi connectivity index (χ1n) is 4.51. The third-order valence-electron chi connectivity index (χ3n) is 1.61. The Kier molecular flexibility index (Phi) is 4.26. The molecule has 0 saturated heterocycles. The van der Waals surface area contributed by atoms with Crippen LogP contribution in [0.4, 0.5) is 9.18 Å². The predicted octanol–water partition coefficient (Wildman–Crippen LogP) is 1.39. The SMILES string of the molecule is O=C(O)CCNC(=O)Oc1cccc(F)c1. The monoisotopic (exact) mass is 227 g/mol. The van der Waals surface area contributed by atoms with Gasteiger partial charge in [-0.2, -0.15) is 0 Å². The van der Waals surface area contributed by atoms with E-state index in [0.717, 1.165) is 6.07 Å². The van der Waals surface area contributed by atoms with Gasteiger partial charge in [-0.05, 0) is 12.1 Å². The number of aliphatic carboxylic acids is 1. The van der Waals surface area contributed by atoms with Crippen molar-refractivity contribution in [2.24, 2.45) is 0 Å². The highest BCUT2D eigenvalue weighted by atomic mass is 19.1. The number of carbonyl (C=O) groups is 2. The van der Waals surface area contributed by atoms with Crippen LogP contribution in [0.25, 0.3) is 0 Å². The Hall–Kier alpha value is -2.11. The molecule has 0 aliphatic carbocycles. The second-order valence-electron chi connectivity index (χ2n) is 2.92. The van der Waals surface area contributed by atoms with Gasteiger partial charge in [0.2, 0.25) is 0 Å². The molecule has 1 amide bonds. The highest BCUT2D eigenvalue weighted by Crippen LogP contribution is 2.11. The van der Waals surface area contributed by atoms with Crippen LogP contribution < -0.4 is 10.1 Å². The lowest BCUT2D eigenvalue weighted by atomic mass is 10.3. The summed E-state index contributed by atoms with van der Waals surface area (Å²) in [5.74, 6) is -1.48. The average Bonchev–Trinajstić information content (AvgIpc) is 2.16. The maximum Gasteiger partial charge on any atom is 0.412 e. The second kappa shape index (κ2) is 5.69. The molecule has 0 atom stereocenters. The molecule has 0 radical (unpaired) electrons. The van der Waals surface area contributed by atoms with Gasteiger partial charge in [0.1, 0.15) is 11.6 Å². The highest BCUT2D eigenvalue weighted by molar-refractivity contribution is 5.72. The van der Waals surface area contributed by atoms with Crippen molar-refractivity contribution in [1.29, 1.82) is 0 Å². The lowest BCUT2D eigenvalue weighted by Crippen LogP contribution is -2.28. The standard InChI is InChI=1S/C10H10FNO4/c11-7-2-1-3-8(6-7)16-10(15)12-5-4-9(13)14/h1-3,6H,4-5H2,(H,12,15)(H,13,14). The van der Waals surface area contributed by atoms with Gasteiger partial charge < -0.3 is 15.2 Å². The van der Waals surface area contributed by atoms with E-state index in [-0.39, 0.29) is 18.7 Å². The van der Waals surface area contributed by atoms with Gasteiger partial charge in [-0.3, -0.25) is 4.79 Å². The average molecular weight is 227 g/mol. The van der Waals surface area contributed by atoms with Crippen molar-refractivity contribution < 1.29 is 23.8 Å². The predicted molar refractivity (Wildman–Crippen MR) is 52.7 cm³/mol. The number of hydrogen-bond acceptors (Lipinski definition) is 3. The Bertz CT molecular complexity index is 394. The number of benzene rings is 1. The molecule has 1 rings (SSSR count). The Labute approximate surface area is 90.8 Å². The minimum Gasteiger partial charge on any atom is -0.481 e. The molecule has 2 N–H and O–H groups in total. The number of rotatable bonds is 4. The molecule has 86 valence electrons. The van der Waals surface area contributed by atoms with Crippen molar-refractivity contribution >= 4 is 12.1 Å². The van der Waals surface area contributed by atoms with Crippen molar-refractivity contribution in [3.05, 3.63) is 30.1 Å². The van der Waals surface area contributed by atoms with E-state index in [1.807, 2.05) is 0 Å². The molecule has 1 aromatic carbocycles. The van der Waals surface area contributed by atoms with Crippen molar-refractivity contribution in [2.45, 2.75) is 6.42 Å². The van der Waals surface area contributed by atoms with Crippen LogP contribution in [-0.2, 0) is 4.79 Å². The molecule has 6 heteroatoms. The van der Waals surface area contributed by atoms with E-state index in [1.54, 1.807) is 0 Å². The number of nitrogens with one attached hydrogen (secondary N) is 1. The zero-order chi connectivity index (χ0) is 12.0. The van der Waals surface area contributed by atoms with E-state index in [1.165, 1.54) is 18.2 Å². The first kappa shape index (κ1) is 12.0. The molecule has 0 aromatic heterocycles. The molecule has 0 unspecified atom stereocenters. The molecule has 0 aliphatic heterocycles. The van der Waals surface area contributed by atoms with E-state index >= 15 is 0 Å². The molecule has 0 aliphatic rings. The van der Waals surface area contributed by atoms with Crippen LogP contribution in [0.5, 0.6) is 5.75 Å². The van der Waals surface area contributed by atoms with Crippen LogP contribution in [0.2, 0.25) is 0 Å². The van der Waals surface area contributed by atoms with Crippen molar-refractivity contribution in [3.8, 4) is 5.75 Å². The number of carboxylic acids is 1. The minimum atomic E-state index is -1.02. The maximum atomic E-state index is 12.7. The molecule has 0 heterocycles. The summed E-state index contributed by atoms with van der Waals surface area (Å²) in [4.78, 5) is 21.2. The van der Waals surface area contributed by atoms with E-state index in [9.17, 15) is 14.0 Å². The van der Waals surface area contributed by atoms with Crippen LogP contribution in [0.1, 0.15) is 6.42 Å². The fourth-order valence-electron chi connectivity index (χ4n) is 0.945. The molecule has 5 nitrogen and oxygen atoms in total. The number of halogens is 1. The summed E-state index contributed by atoms with van der Waals surface area (Å²) in [6.45, 7) is -0.0382. The van der Waals surface area contributed by atoms with Crippen molar-refractivity contribution in [1.82, 2.24) is 5.32 Å². The molecule has 0 bridgehead atoms. The molecular formula is C10H10FNO4. The third-order valence-corrected chi connectivity index (χ3v) is 1.61. The zero-order valence-electron chi connectivity index (χ0n) is 8.27. The van der Waals surface area contributed by atoms with Crippen molar-refractivity contribution in [2.75, 3.05) is 6.54 Å². The smallest absolute Gasteiger partial charge is 0.412 e. The van der Waals surface area contributed by atoms with Gasteiger partial charge in [-0.25, -0.2) is 9.18 Å². The summed E-state index contributed by atoms with van der Waals surface area (Å²) >= 11 is 0. The van der Waals surface area contributed by atoms with Gasteiger partial charge in [-0.15, -0.1) is 0 Å². The van der Waals surface area contributed by atoms with Crippen LogP contribution in [0.3, 0.4) is 0 Å². The summed E-state index contributed by atoms with van der Waals surface area (Å²) in [7, 11) is 0. The van der Waals surface area contributed by atoms with Gasteiger partial charge in [0.15, 0.2) is 0 Å². The first-order valence-corrected chi connectivity index (χ1v) is 4.51. The maximum absolute atomic E-state index is 12.7. The number of amides is 1. The lowest BCUT2D eigenvalue weighted by Gasteiger charge is -2.05. The number of carbonyl (C=O) groups excluding carboxylic acids is 1. The Morgan fingerprint density at radius 2 is 2.19 bits per heavy atom. The van der Waals surface area contributed by atoms with Crippen LogP contribution >= 0.6 is 0 Å². The van der Waals surface area contributed by atoms with Crippen LogP contribution in [0, 0.1) is 5.82 Å². The number of ether oxygens (including phenoxy) is 1. The van der Waals surface area contributed by atoms with Gasteiger partial charge in [-0.1, -0.05) is 6.07 Å². The Balaban J connectivity index is 2.37. The summed E-state index contributed by atoms with van der Waals surface area (Å²) in [6.07, 6.45) is -1.01. The normalized spacial score (nSPS) is 9.56. The number of carboxylic acid groups (broad SMARTS) is 1. The van der Waals surface area contributed by atoms with Gasteiger partial charge >= 0.3 is 12.1 Å². The molecule has 0 fully saturated rings. The molecule has 1 aromatic rings. The van der Waals surface area contributed by atoms with Gasteiger partial charge in [0.25, 0.3) is 0 Å².